The molecular formula is C30H41N3. The van der Waals surface area contributed by atoms with Gasteiger partial charge in [-0.15, -0.1) is 0 Å². The van der Waals surface area contributed by atoms with Crippen LogP contribution in [0.15, 0.2) is 35.9 Å². The van der Waals surface area contributed by atoms with Gasteiger partial charge in [0.25, 0.3) is 0 Å². The van der Waals surface area contributed by atoms with Crippen molar-refractivity contribution in [1.82, 2.24) is 4.90 Å². The molecule has 1 aliphatic heterocycles. The molecule has 1 aromatic rings. The van der Waals surface area contributed by atoms with E-state index in [1.807, 2.05) is 12.1 Å². The van der Waals surface area contributed by atoms with Crippen molar-refractivity contribution in [3.8, 4) is 6.07 Å². The van der Waals surface area contributed by atoms with E-state index in [0.717, 1.165) is 35.3 Å². The summed E-state index contributed by atoms with van der Waals surface area (Å²) in [5.74, 6) is 3.71. The molecule has 3 nitrogen and oxygen atoms in total. The number of nitrogens with zero attached hydrogens (tertiary/aromatic N) is 3. The van der Waals surface area contributed by atoms with Gasteiger partial charge >= 0.3 is 0 Å². The fourth-order valence-corrected chi connectivity index (χ4v) is 9.78. The van der Waals surface area contributed by atoms with Gasteiger partial charge < -0.3 is 9.80 Å². The van der Waals surface area contributed by atoms with Gasteiger partial charge in [-0.2, -0.15) is 5.26 Å². The first-order valence-electron chi connectivity index (χ1n) is 13.5. The lowest BCUT2D eigenvalue weighted by atomic mass is 9.47. The van der Waals surface area contributed by atoms with E-state index in [2.05, 4.69) is 62.0 Å². The van der Waals surface area contributed by atoms with Gasteiger partial charge in [-0.05, 0) is 118 Å². The Hall–Kier alpha value is -1.79. The standard InChI is InChI=1S/C30H41N3/c1-20-26-10-11-28-25-9-8-22-17-24(33(4)23-7-5-6-21(16-23)18-31)12-14-29(22,2)27(25)13-15-30(26,28)19-32(20)3/h5-8,16,20,24-28H,9-15,17,19H2,1-4H3. The highest BCUT2D eigenvalue weighted by Crippen LogP contribution is 2.68. The van der Waals surface area contributed by atoms with E-state index in [4.69, 9.17) is 0 Å². The Kier molecular flexibility index (Phi) is 5.01. The Morgan fingerprint density at radius 3 is 2.73 bits per heavy atom. The van der Waals surface area contributed by atoms with Gasteiger partial charge in [-0.25, -0.2) is 0 Å². The van der Waals surface area contributed by atoms with Gasteiger partial charge in [0.05, 0.1) is 11.6 Å². The molecule has 0 bridgehead atoms. The topological polar surface area (TPSA) is 30.3 Å². The summed E-state index contributed by atoms with van der Waals surface area (Å²) in [6.45, 7) is 6.49. The molecule has 8 atom stereocenters. The lowest BCUT2D eigenvalue weighted by molar-refractivity contribution is -0.0398. The summed E-state index contributed by atoms with van der Waals surface area (Å²) in [5, 5.41) is 9.32. The maximum atomic E-state index is 9.32. The van der Waals surface area contributed by atoms with Crippen molar-refractivity contribution in [2.75, 3.05) is 25.5 Å². The number of allylic oxidation sites excluding steroid dienone is 1. The SMILES string of the molecule is CC1C2CCC3C4CC=C5CC(N(C)c6cccc(C#N)c6)CCC5(C)C4CCC32CN1C. The third-order valence-corrected chi connectivity index (χ3v) is 11.6. The van der Waals surface area contributed by atoms with Crippen molar-refractivity contribution >= 4 is 5.69 Å². The lowest BCUT2D eigenvalue weighted by Gasteiger charge is -2.58. The Labute approximate surface area is 200 Å². The minimum Gasteiger partial charge on any atom is -0.371 e. The van der Waals surface area contributed by atoms with Crippen LogP contribution in [0.2, 0.25) is 0 Å². The maximum Gasteiger partial charge on any atom is 0.0992 e. The van der Waals surface area contributed by atoms with Gasteiger partial charge in [0.1, 0.15) is 0 Å². The Morgan fingerprint density at radius 2 is 1.91 bits per heavy atom. The normalized spacial score (nSPS) is 44.2. The van der Waals surface area contributed by atoms with Crippen molar-refractivity contribution < 1.29 is 0 Å². The van der Waals surface area contributed by atoms with Gasteiger partial charge in [-0.3, -0.25) is 0 Å². The molecule has 4 fully saturated rings. The van der Waals surface area contributed by atoms with Crippen LogP contribution in [0, 0.1) is 45.8 Å². The Bertz CT molecular complexity index is 1010. The van der Waals surface area contributed by atoms with Crippen molar-refractivity contribution in [2.45, 2.75) is 77.3 Å². The van der Waals surface area contributed by atoms with Gasteiger partial charge in [0.15, 0.2) is 0 Å². The summed E-state index contributed by atoms with van der Waals surface area (Å²) in [6, 6.07) is 11.8. The van der Waals surface area contributed by atoms with E-state index in [1.165, 1.54) is 63.6 Å². The lowest BCUT2D eigenvalue weighted by Crippen LogP contribution is -2.52. The number of hydrogen-bond donors (Lipinski definition) is 0. The molecular weight excluding hydrogens is 402 g/mol. The minimum atomic E-state index is 0.407. The first-order chi connectivity index (χ1) is 15.9. The van der Waals surface area contributed by atoms with E-state index in [1.54, 1.807) is 5.57 Å². The van der Waals surface area contributed by atoms with Crippen molar-refractivity contribution in [3.05, 3.63) is 41.5 Å². The van der Waals surface area contributed by atoms with Crippen LogP contribution >= 0.6 is 0 Å². The number of rotatable bonds is 2. The molecule has 6 rings (SSSR count). The van der Waals surface area contributed by atoms with Gasteiger partial charge in [-0.1, -0.05) is 24.6 Å². The largest absolute Gasteiger partial charge is 0.371 e. The predicted octanol–water partition coefficient (Wildman–Crippen LogP) is 6.26. The summed E-state index contributed by atoms with van der Waals surface area (Å²) >= 11 is 0. The second-order valence-corrected chi connectivity index (χ2v) is 12.5. The highest BCUT2D eigenvalue weighted by Gasteiger charge is 2.64. The molecule has 0 radical (unpaired) electrons. The third kappa shape index (κ3) is 3.02. The second kappa shape index (κ2) is 7.61. The molecule has 33 heavy (non-hydrogen) atoms. The van der Waals surface area contributed by atoms with Crippen LogP contribution in [0.4, 0.5) is 5.69 Å². The smallest absolute Gasteiger partial charge is 0.0992 e. The highest BCUT2D eigenvalue weighted by atomic mass is 15.2. The fourth-order valence-electron chi connectivity index (χ4n) is 9.78. The van der Waals surface area contributed by atoms with E-state index in [-0.39, 0.29) is 0 Å². The zero-order valence-corrected chi connectivity index (χ0v) is 21.1. The van der Waals surface area contributed by atoms with E-state index in [0.29, 0.717) is 16.9 Å². The maximum absolute atomic E-state index is 9.32. The first-order valence-corrected chi connectivity index (χ1v) is 13.5. The van der Waals surface area contributed by atoms with E-state index < -0.39 is 0 Å². The minimum absolute atomic E-state index is 0.407. The Balaban J connectivity index is 1.24. The number of hydrogen-bond acceptors (Lipinski definition) is 3. The van der Waals surface area contributed by atoms with Gasteiger partial charge in [0, 0.05) is 31.4 Å². The quantitative estimate of drug-likeness (QED) is 0.506. The fraction of sp³-hybridized carbons (Fsp3) is 0.700. The van der Waals surface area contributed by atoms with Crippen LogP contribution in [0.5, 0.6) is 0 Å². The molecule has 0 amide bonds. The molecule has 1 spiro atoms. The third-order valence-electron chi connectivity index (χ3n) is 11.6. The van der Waals surface area contributed by atoms with E-state index in [9.17, 15) is 5.26 Å². The van der Waals surface area contributed by atoms with Crippen LogP contribution in [0.1, 0.15) is 70.8 Å². The van der Waals surface area contributed by atoms with Crippen LogP contribution in [-0.2, 0) is 0 Å². The summed E-state index contributed by atoms with van der Waals surface area (Å²) in [4.78, 5) is 5.13. The predicted molar refractivity (Wildman–Crippen MR) is 135 cm³/mol. The molecule has 0 aromatic heterocycles. The van der Waals surface area contributed by atoms with Gasteiger partial charge in [0.2, 0.25) is 0 Å². The zero-order chi connectivity index (χ0) is 23.0. The van der Waals surface area contributed by atoms with Crippen molar-refractivity contribution in [3.63, 3.8) is 0 Å². The molecule has 176 valence electrons. The van der Waals surface area contributed by atoms with Crippen molar-refractivity contribution in [1.29, 1.82) is 5.26 Å². The molecule has 8 unspecified atom stereocenters. The molecule has 0 N–H and O–H groups in total. The van der Waals surface area contributed by atoms with Crippen LogP contribution in [-0.4, -0.2) is 37.6 Å². The molecule has 4 aliphatic carbocycles. The van der Waals surface area contributed by atoms with Crippen LogP contribution in [0.25, 0.3) is 0 Å². The molecule has 1 heterocycles. The second-order valence-electron chi connectivity index (χ2n) is 12.5. The summed E-state index contributed by atoms with van der Waals surface area (Å²) < 4.78 is 0. The number of anilines is 1. The number of benzene rings is 1. The molecule has 1 saturated heterocycles. The van der Waals surface area contributed by atoms with E-state index >= 15 is 0 Å². The highest BCUT2D eigenvalue weighted by molar-refractivity contribution is 5.52. The summed E-state index contributed by atoms with van der Waals surface area (Å²) in [6.07, 6.45) is 13.7. The average molecular weight is 444 g/mol. The summed E-state index contributed by atoms with van der Waals surface area (Å²) in [5.41, 5.74) is 4.74. The molecule has 3 saturated carbocycles. The first kappa shape index (κ1) is 21.7. The van der Waals surface area contributed by atoms with Crippen LogP contribution < -0.4 is 4.90 Å². The molecule has 5 aliphatic rings. The molecule has 3 heteroatoms. The van der Waals surface area contributed by atoms with Crippen molar-refractivity contribution in [2.24, 2.45) is 34.5 Å². The zero-order valence-electron chi connectivity index (χ0n) is 21.1. The number of fused-ring (bicyclic) bond motifs is 4. The number of nitriles is 1. The monoisotopic (exact) mass is 443 g/mol. The molecule has 1 aromatic carbocycles. The average Bonchev–Trinajstić information content (AvgIpc) is 3.31. The Morgan fingerprint density at radius 1 is 1.09 bits per heavy atom. The van der Waals surface area contributed by atoms with Crippen LogP contribution in [0.3, 0.4) is 0 Å². The summed E-state index contributed by atoms with van der Waals surface area (Å²) in [7, 11) is 4.61. The number of likely N-dealkylation sites (tertiary alicyclic amines) is 1.